The van der Waals surface area contributed by atoms with Gasteiger partial charge in [-0.1, -0.05) is 36.0 Å². The van der Waals surface area contributed by atoms with Crippen molar-refractivity contribution in [3.8, 4) is 0 Å². The number of aromatic amines is 1. The predicted molar refractivity (Wildman–Crippen MR) is 118 cm³/mol. The van der Waals surface area contributed by atoms with Gasteiger partial charge in [0, 0.05) is 19.4 Å². The van der Waals surface area contributed by atoms with Gasteiger partial charge in [0.1, 0.15) is 5.82 Å². The zero-order chi connectivity index (χ0) is 22.6. The molecule has 166 valence electrons. The van der Waals surface area contributed by atoms with Gasteiger partial charge < -0.3 is 14.7 Å². The second-order valence-electron chi connectivity index (χ2n) is 6.92. The Morgan fingerprint density at radius 3 is 2.62 bits per heavy atom. The van der Waals surface area contributed by atoms with Gasteiger partial charge in [0.15, 0.2) is 0 Å². The van der Waals surface area contributed by atoms with Crippen molar-refractivity contribution < 1.29 is 17.6 Å². The lowest BCUT2D eigenvalue weighted by atomic mass is 10.2. The molecule has 4 aromatic rings. The van der Waals surface area contributed by atoms with E-state index in [9.17, 15) is 13.2 Å². The van der Waals surface area contributed by atoms with Crippen LogP contribution in [0, 0.1) is 0 Å². The number of H-pyrrole nitrogens is 1. The van der Waals surface area contributed by atoms with Crippen LogP contribution in [-0.4, -0.2) is 40.2 Å². The number of aryl methyl sites for hydroxylation is 2. The molecule has 32 heavy (non-hydrogen) atoms. The zero-order valence-corrected chi connectivity index (χ0v) is 18.4. The van der Waals surface area contributed by atoms with Crippen molar-refractivity contribution in [2.45, 2.75) is 29.5 Å². The number of hydrogen-bond donors (Lipinski definition) is 3. The van der Waals surface area contributed by atoms with Crippen LogP contribution in [0.2, 0.25) is 0 Å². The van der Waals surface area contributed by atoms with Crippen molar-refractivity contribution in [1.29, 1.82) is 0 Å². The van der Waals surface area contributed by atoms with Crippen molar-refractivity contribution in [2.24, 2.45) is 5.14 Å². The van der Waals surface area contributed by atoms with Gasteiger partial charge in [0.05, 0.1) is 21.7 Å². The summed E-state index contributed by atoms with van der Waals surface area (Å²) in [5, 5.41) is 16.1. The molecule has 0 aliphatic carbocycles. The summed E-state index contributed by atoms with van der Waals surface area (Å²) in [7, 11) is -3.73. The van der Waals surface area contributed by atoms with Crippen molar-refractivity contribution in [3.05, 3.63) is 65.8 Å². The third-order valence-corrected chi connectivity index (χ3v) is 6.28. The van der Waals surface area contributed by atoms with Crippen molar-refractivity contribution >= 4 is 38.7 Å². The molecule has 4 rings (SSSR count). The smallest absolute Gasteiger partial charge is 0.277 e. The Labute approximate surface area is 188 Å². The maximum absolute atomic E-state index is 12.1. The van der Waals surface area contributed by atoms with E-state index >= 15 is 0 Å². The molecule has 0 fully saturated rings. The summed E-state index contributed by atoms with van der Waals surface area (Å²) in [5.41, 5.74) is 2.65. The van der Waals surface area contributed by atoms with Crippen molar-refractivity contribution in [1.82, 2.24) is 25.5 Å². The molecule has 4 N–H and O–H groups in total. The maximum Gasteiger partial charge on any atom is 0.277 e. The minimum atomic E-state index is -3.73. The average Bonchev–Trinajstić information content (AvgIpc) is 3.40. The van der Waals surface area contributed by atoms with E-state index in [1.807, 2.05) is 24.3 Å². The molecule has 2 heterocycles. The molecule has 0 aliphatic heterocycles. The number of sulfonamides is 1. The van der Waals surface area contributed by atoms with Gasteiger partial charge in [-0.25, -0.2) is 18.5 Å². The van der Waals surface area contributed by atoms with Gasteiger partial charge in [-0.15, -0.1) is 10.2 Å². The molecule has 2 aromatic heterocycles. The third kappa shape index (κ3) is 5.72. The molecule has 0 saturated carbocycles. The molecule has 2 aromatic carbocycles. The summed E-state index contributed by atoms with van der Waals surface area (Å²) in [6.07, 6.45) is 1.17. The molecule has 0 saturated heterocycles. The molecule has 0 atom stereocenters. The highest BCUT2D eigenvalue weighted by Crippen LogP contribution is 2.17. The fourth-order valence-corrected chi connectivity index (χ4v) is 4.05. The fraction of sp³-hybridized carbons (Fsp3) is 0.200. The van der Waals surface area contributed by atoms with Gasteiger partial charge in [-0.3, -0.25) is 4.79 Å². The number of para-hydroxylation sites is 2. The van der Waals surface area contributed by atoms with E-state index in [0.29, 0.717) is 24.0 Å². The number of primary sulfonamides is 1. The van der Waals surface area contributed by atoms with Gasteiger partial charge in [0.25, 0.3) is 5.22 Å². The van der Waals surface area contributed by atoms with Crippen LogP contribution in [0.5, 0.6) is 0 Å². The number of aromatic nitrogens is 4. The molecular formula is C20H20N6O4S2. The van der Waals surface area contributed by atoms with Crippen LogP contribution in [0.25, 0.3) is 11.0 Å². The van der Waals surface area contributed by atoms with E-state index in [4.69, 9.17) is 9.56 Å². The van der Waals surface area contributed by atoms with Crippen molar-refractivity contribution in [3.63, 3.8) is 0 Å². The molecule has 0 radical (unpaired) electrons. The largest absolute Gasteiger partial charge is 0.416 e. The van der Waals surface area contributed by atoms with Crippen LogP contribution < -0.4 is 10.5 Å². The zero-order valence-electron chi connectivity index (χ0n) is 16.8. The van der Waals surface area contributed by atoms with Crippen LogP contribution in [0.15, 0.2) is 63.1 Å². The third-order valence-electron chi connectivity index (χ3n) is 4.53. The molecular weight excluding hydrogens is 452 g/mol. The number of imidazole rings is 1. The molecule has 1 amide bonds. The number of hydrogen-bond acceptors (Lipinski definition) is 8. The topological polar surface area (TPSA) is 157 Å². The fourth-order valence-electron chi connectivity index (χ4n) is 2.92. The summed E-state index contributed by atoms with van der Waals surface area (Å²) in [6.45, 7) is 0.261. The average molecular weight is 473 g/mol. The first kappa shape index (κ1) is 22.0. The van der Waals surface area contributed by atoms with Gasteiger partial charge in [-0.05, 0) is 29.8 Å². The van der Waals surface area contributed by atoms with Crippen LogP contribution in [0.1, 0.15) is 17.3 Å². The number of rotatable bonds is 9. The Hall–Kier alpha value is -3.22. The Kier molecular flexibility index (Phi) is 6.53. The quantitative estimate of drug-likeness (QED) is 0.311. The highest BCUT2D eigenvalue weighted by atomic mass is 32.2. The first-order valence-corrected chi connectivity index (χ1v) is 12.2. The van der Waals surface area contributed by atoms with E-state index in [2.05, 4.69) is 25.5 Å². The number of carbonyl (C=O) groups excluding carboxylic acids is 1. The standard InChI is InChI=1S/C20H20N6O4S2/c21-32(28,29)14-7-5-13(6-8-14)11-22-18(27)12-31-20-26-25-19(30-20)10-9-17-23-15-3-1-2-4-16(15)24-17/h1-8H,9-12H2,(H,22,27)(H,23,24)(H2,21,28,29). The van der Waals surface area contributed by atoms with E-state index in [1.54, 1.807) is 12.1 Å². The van der Waals surface area contributed by atoms with Gasteiger partial charge in [0.2, 0.25) is 21.8 Å². The van der Waals surface area contributed by atoms with Crippen LogP contribution in [0.3, 0.4) is 0 Å². The van der Waals surface area contributed by atoms with E-state index < -0.39 is 10.0 Å². The highest BCUT2D eigenvalue weighted by molar-refractivity contribution is 7.99. The molecule has 0 spiro atoms. The number of nitrogens with two attached hydrogens (primary N) is 1. The molecule has 12 heteroatoms. The van der Waals surface area contributed by atoms with Crippen LogP contribution in [0.4, 0.5) is 0 Å². The van der Waals surface area contributed by atoms with Gasteiger partial charge in [-0.2, -0.15) is 0 Å². The summed E-state index contributed by atoms with van der Waals surface area (Å²) < 4.78 is 28.1. The Morgan fingerprint density at radius 1 is 1.09 bits per heavy atom. The summed E-state index contributed by atoms with van der Waals surface area (Å²) in [6, 6.07) is 13.8. The Morgan fingerprint density at radius 2 is 1.88 bits per heavy atom. The molecule has 0 aliphatic rings. The lowest BCUT2D eigenvalue weighted by Gasteiger charge is -2.05. The number of fused-ring (bicyclic) bond motifs is 1. The van der Waals surface area contributed by atoms with Gasteiger partial charge >= 0.3 is 0 Å². The summed E-state index contributed by atoms with van der Waals surface area (Å²) in [5.74, 6) is 1.21. The van der Waals surface area contributed by atoms with Crippen LogP contribution in [-0.2, 0) is 34.2 Å². The highest BCUT2D eigenvalue weighted by Gasteiger charge is 2.12. The van der Waals surface area contributed by atoms with Crippen molar-refractivity contribution in [2.75, 3.05) is 5.75 Å². The number of amides is 1. The van der Waals surface area contributed by atoms with Crippen LogP contribution >= 0.6 is 11.8 Å². The predicted octanol–water partition coefficient (Wildman–Crippen LogP) is 1.79. The summed E-state index contributed by atoms with van der Waals surface area (Å²) in [4.78, 5) is 19.9. The maximum atomic E-state index is 12.1. The summed E-state index contributed by atoms with van der Waals surface area (Å²) >= 11 is 1.14. The Balaban J connectivity index is 1.21. The monoisotopic (exact) mass is 472 g/mol. The number of carbonyl (C=O) groups is 1. The normalized spacial score (nSPS) is 11.7. The lowest BCUT2D eigenvalue weighted by molar-refractivity contribution is -0.118. The molecule has 0 bridgehead atoms. The SMILES string of the molecule is NS(=O)(=O)c1ccc(CNC(=O)CSc2nnc(CCc3nc4ccccc4[nH]3)o2)cc1. The molecule has 0 unspecified atom stereocenters. The van der Waals surface area contributed by atoms with E-state index in [-0.39, 0.29) is 23.1 Å². The second-order valence-corrected chi connectivity index (χ2v) is 9.40. The number of benzene rings is 2. The lowest BCUT2D eigenvalue weighted by Crippen LogP contribution is -2.24. The number of thioether (sulfide) groups is 1. The number of nitrogens with one attached hydrogen (secondary N) is 2. The minimum absolute atomic E-state index is 0.0238. The minimum Gasteiger partial charge on any atom is -0.416 e. The molecule has 10 nitrogen and oxygen atoms in total. The first-order chi connectivity index (χ1) is 15.4. The van der Waals surface area contributed by atoms with E-state index in [1.165, 1.54) is 12.1 Å². The first-order valence-electron chi connectivity index (χ1n) is 9.64. The Bertz CT molecular complexity index is 1300. The second kappa shape index (κ2) is 9.51. The number of nitrogens with zero attached hydrogens (tertiary/aromatic N) is 3. The van der Waals surface area contributed by atoms with E-state index in [0.717, 1.165) is 34.2 Å².